The van der Waals surface area contributed by atoms with Crippen molar-refractivity contribution in [1.82, 2.24) is 10.1 Å². The molecule has 3 aromatic rings. The van der Waals surface area contributed by atoms with E-state index in [9.17, 15) is 4.39 Å². The quantitative estimate of drug-likeness (QED) is 0.724. The van der Waals surface area contributed by atoms with Crippen LogP contribution in [0.5, 0.6) is 0 Å². The number of hydrogen-bond acceptors (Lipinski definition) is 4. The van der Waals surface area contributed by atoms with Crippen LogP contribution in [0, 0.1) is 12.7 Å². The number of anilines is 1. The molecule has 0 bridgehead atoms. The number of aromatic nitrogens is 2. The largest absolute Gasteiger partial charge is 0.399 e. The van der Waals surface area contributed by atoms with E-state index in [0.717, 1.165) is 11.1 Å². The van der Waals surface area contributed by atoms with E-state index in [1.54, 1.807) is 0 Å². The van der Waals surface area contributed by atoms with E-state index < -0.39 is 5.82 Å². The fourth-order valence-corrected chi connectivity index (χ4v) is 1.94. The highest BCUT2D eigenvalue weighted by Gasteiger charge is 2.14. The smallest absolute Gasteiger partial charge is 0.261 e. The molecule has 0 spiro atoms. The summed E-state index contributed by atoms with van der Waals surface area (Å²) in [4.78, 5) is 4.22. The highest BCUT2D eigenvalue weighted by molar-refractivity contribution is 5.63. The molecule has 2 aromatic carbocycles. The van der Waals surface area contributed by atoms with Gasteiger partial charge in [0.05, 0.1) is 5.56 Å². The molecule has 1 heterocycles. The van der Waals surface area contributed by atoms with Crippen LogP contribution in [0.4, 0.5) is 10.1 Å². The van der Waals surface area contributed by atoms with Crippen molar-refractivity contribution in [2.75, 3.05) is 5.73 Å². The SMILES string of the molecule is Cc1cccc(-c2noc(-c3cc(N)ccc3F)n2)c1. The minimum atomic E-state index is -0.446. The number of nitrogens with zero attached hydrogens (tertiary/aromatic N) is 2. The zero-order valence-corrected chi connectivity index (χ0v) is 10.8. The van der Waals surface area contributed by atoms with Gasteiger partial charge in [-0.3, -0.25) is 0 Å². The van der Waals surface area contributed by atoms with E-state index >= 15 is 0 Å². The molecule has 100 valence electrons. The molecular weight excluding hydrogens is 257 g/mol. The van der Waals surface area contributed by atoms with Crippen LogP contribution in [-0.4, -0.2) is 10.1 Å². The lowest BCUT2D eigenvalue weighted by Crippen LogP contribution is -1.89. The zero-order valence-electron chi connectivity index (χ0n) is 10.8. The molecule has 0 amide bonds. The lowest BCUT2D eigenvalue weighted by Gasteiger charge is -1.98. The Labute approximate surface area is 115 Å². The molecule has 0 saturated carbocycles. The number of nitrogens with two attached hydrogens (primary N) is 1. The molecule has 5 heteroatoms. The van der Waals surface area contributed by atoms with Crippen molar-refractivity contribution in [2.45, 2.75) is 6.92 Å². The van der Waals surface area contributed by atoms with Gasteiger partial charge in [-0.05, 0) is 31.2 Å². The Bertz CT molecular complexity index is 767. The molecule has 0 aliphatic carbocycles. The number of hydrogen-bond donors (Lipinski definition) is 1. The van der Waals surface area contributed by atoms with Crippen molar-refractivity contribution in [2.24, 2.45) is 0 Å². The lowest BCUT2D eigenvalue weighted by molar-refractivity contribution is 0.429. The van der Waals surface area contributed by atoms with Crippen LogP contribution in [0.15, 0.2) is 47.0 Å². The second kappa shape index (κ2) is 4.77. The van der Waals surface area contributed by atoms with Crippen LogP contribution in [0.2, 0.25) is 0 Å². The fourth-order valence-electron chi connectivity index (χ4n) is 1.94. The summed E-state index contributed by atoms with van der Waals surface area (Å²) in [5.41, 5.74) is 8.20. The molecule has 0 saturated heterocycles. The van der Waals surface area contributed by atoms with Gasteiger partial charge in [-0.2, -0.15) is 4.98 Å². The number of aryl methyl sites for hydroxylation is 1. The maximum atomic E-state index is 13.7. The molecule has 0 aliphatic heterocycles. The Morgan fingerprint density at radius 2 is 2.00 bits per heavy atom. The van der Waals surface area contributed by atoms with E-state index in [0.29, 0.717) is 11.5 Å². The molecule has 0 fully saturated rings. The van der Waals surface area contributed by atoms with Crippen molar-refractivity contribution in [3.8, 4) is 22.8 Å². The predicted molar refractivity (Wildman–Crippen MR) is 74.3 cm³/mol. The molecule has 0 radical (unpaired) electrons. The first-order valence-corrected chi connectivity index (χ1v) is 6.09. The summed E-state index contributed by atoms with van der Waals surface area (Å²) in [7, 11) is 0. The molecular formula is C15H12FN3O. The number of rotatable bonds is 2. The molecule has 2 N–H and O–H groups in total. The van der Waals surface area contributed by atoms with Gasteiger partial charge in [0.2, 0.25) is 5.82 Å². The summed E-state index contributed by atoms with van der Waals surface area (Å²) in [5, 5.41) is 3.88. The van der Waals surface area contributed by atoms with E-state index in [-0.39, 0.29) is 11.5 Å². The zero-order chi connectivity index (χ0) is 14.1. The highest BCUT2D eigenvalue weighted by atomic mass is 19.1. The van der Waals surface area contributed by atoms with Gasteiger partial charge < -0.3 is 10.3 Å². The highest BCUT2D eigenvalue weighted by Crippen LogP contribution is 2.26. The first-order chi connectivity index (χ1) is 9.63. The topological polar surface area (TPSA) is 64.9 Å². The van der Waals surface area contributed by atoms with Gasteiger partial charge in [0, 0.05) is 11.3 Å². The molecule has 3 rings (SSSR count). The summed E-state index contributed by atoms with van der Waals surface area (Å²) in [6.45, 7) is 1.97. The van der Waals surface area contributed by atoms with E-state index in [4.69, 9.17) is 10.3 Å². The third kappa shape index (κ3) is 2.25. The predicted octanol–water partition coefficient (Wildman–Crippen LogP) is 3.43. The van der Waals surface area contributed by atoms with Gasteiger partial charge in [0.1, 0.15) is 5.82 Å². The van der Waals surface area contributed by atoms with Crippen LogP contribution in [0.3, 0.4) is 0 Å². The maximum Gasteiger partial charge on any atom is 0.261 e. The minimum absolute atomic E-state index is 0.117. The molecule has 0 atom stereocenters. The molecule has 4 nitrogen and oxygen atoms in total. The summed E-state index contributed by atoms with van der Waals surface area (Å²) >= 11 is 0. The summed E-state index contributed by atoms with van der Waals surface area (Å²) in [6, 6.07) is 11.9. The van der Waals surface area contributed by atoms with Crippen LogP contribution in [0.1, 0.15) is 5.56 Å². The number of nitrogen functional groups attached to an aromatic ring is 1. The fraction of sp³-hybridized carbons (Fsp3) is 0.0667. The Morgan fingerprint density at radius 3 is 2.80 bits per heavy atom. The van der Waals surface area contributed by atoms with Crippen molar-refractivity contribution in [3.63, 3.8) is 0 Å². The van der Waals surface area contributed by atoms with Crippen LogP contribution < -0.4 is 5.73 Å². The van der Waals surface area contributed by atoms with Crippen molar-refractivity contribution in [3.05, 3.63) is 53.8 Å². The van der Waals surface area contributed by atoms with Gasteiger partial charge in [-0.15, -0.1) is 0 Å². The Hall–Kier alpha value is -2.69. The first-order valence-electron chi connectivity index (χ1n) is 6.09. The second-order valence-corrected chi connectivity index (χ2v) is 4.53. The molecule has 0 unspecified atom stereocenters. The Morgan fingerprint density at radius 1 is 1.15 bits per heavy atom. The minimum Gasteiger partial charge on any atom is -0.399 e. The van der Waals surface area contributed by atoms with Crippen LogP contribution >= 0.6 is 0 Å². The monoisotopic (exact) mass is 269 g/mol. The third-order valence-electron chi connectivity index (χ3n) is 2.92. The van der Waals surface area contributed by atoms with Gasteiger partial charge in [0.25, 0.3) is 5.89 Å². The lowest BCUT2D eigenvalue weighted by atomic mass is 10.1. The first kappa shape index (κ1) is 12.3. The Kier molecular flexibility index (Phi) is 2.95. The van der Waals surface area contributed by atoms with Crippen LogP contribution in [0.25, 0.3) is 22.8 Å². The van der Waals surface area contributed by atoms with Crippen molar-refractivity contribution >= 4 is 5.69 Å². The van der Waals surface area contributed by atoms with Crippen LogP contribution in [-0.2, 0) is 0 Å². The van der Waals surface area contributed by atoms with Crippen molar-refractivity contribution in [1.29, 1.82) is 0 Å². The van der Waals surface area contributed by atoms with Crippen molar-refractivity contribution < 1.29 is 8.91 Å². The third-order valence-corrected chi connectivity index (χ3v) is 2.92. The van der Waals surface area contributed by atoms with E-state index in [1.807, 2.05) is 31.2 Å². The summed E-state index contributed by atoms with van der Waals surface area (Å²) < 4.78 is 18.9. The van der Waals surface area contributed by atoms with E-state index in [2.05, 4.69) is 10.1 Å². The number of benzene rings is 2. The molecule has 1 aromatic heterocycles. The van der Waals surface area contributed by atoms with E-state index in [1.165, 1.54) is 18.2 Å². The standard InChI is InChI=1S/C15H12FN3O/c1-9-3-2-4-10(7-9)14-18-15(20-19-14)12-8-11(17)5-6-13(12)16/h2-8H,17H2,1H3. The summed E-state index contributed by atoms with van der Waals surface area (Å²) in [6.07, 6.45) is 0. The molecule has 0 aliphatic rings. The number of halogens is 1. The average molecular weight is 269 g/mol. The summed E-state index contributed by atoms with van der Waals surface area (Å²) in [5.74, 6) is 0.0930. The van der Waals surface area contributed by atoms with Gasteiger partial charge in [-0.25, -0.2) is 4.39 Å². The van der Waals surface area contributed by atoms with Gasteiger partial charge in [-0.1, -0.05) is 28.9 Å². The Balaban J connectivity index is 2.04. The normalized spacial score (nSPS) is 10.7. The van der Waals surface area contributed by atoms with Gasteiger partial charge >= 0.3 is 0 Å². The average Bonchev–Trinajstić information content (AvgIpc) is 2.91. The molecule has 20 heavy (non-hydrogen) atoms. The maximum absolute atomic E-state index is 13.7. The van der Waals surface area contributed by atoms with Gasteiger partial charge in [0.15, 0.2) is 0 Å². The second-order valence-electron chi connectivity index (χ2n) is 4.53.